The molecule has 0 radical (unpaired) electrons. The van der Waals surface area contributed by atoms with Crippen LogP contribution in [0.4, 0.5) is 19.1 Å². The van der Waals surface area contributed by atoms with E-state index < -0.39 is 12.1 Å². The summed E-state index contributed by atoms with van der Waals surface area (Å²) in [5, 5.41) is -0.101. The molecule has 2 rings (SSSR count). The second-order valence-corrected chi connectivity index (χ2v) is 4.56. The van der Waals surface area contributed by atoms with Gasteiger partial charge < -0.3 is 9.64 Å². The van der Waals surface area contributed by atoms with Crippen molar-refractivity contribution in [1.82, 2.24) is 15.0 Å². The van der Waals surface area contributed by atoms with Crippen molar-refractivity contribution in [3.8, 4) is 6.01 Å². The zero-order valence-corrected chi connectivity index (χ0v) is 10.9. The molecule has 0 amide bonds. The molecule has 5 nitrogen and oxygen atoms in total. The Hall–Kier alpha value is -1.31. The number of halogens is 4. The van der Waals surface area contributed by atoms with Crippen molar-refractivity contribution in [2.75, 3.05) is 25.1 Å². The zero-order valence-electron chi connectivity index (χ0n) is 10.1. The summed E-state index contributed by atoms with van der Waals surface area (Å²) >= 11 is 5.68. The first-order chi connectivity index (χ1) is 8.90. The van der Waals surface area contributed by atoms with E-state index in [1.54, 1.807) is 0 Å². The average molecular weight is 297 g/mol. The Balaban J connectivity index is 2.19. The molecule has 0 bridgehead atoms. The second-order valence-electron chi connectivity index (χ2n) is 4.22. The molecule has 1 unspecified atom stereocenters. The summed E-state index contributed by atoms with van der Waals surface area (Å²) in [5.41, 5.74) is 0. The topological polar surface area (TPSA) is 51.1 Å². The fourth-order valence-corrected chi connectivity index (χ4v) is 2.13. The summed E-state index contributed by atoms with van der Waals surface area (Å²) in [5.74, 6) is -1.26. The number of hydrogen-bond acceptors (Lipinski definition) is 5. The Kier molecular flexibility index (Phi) is 3.98. The van der Waals surface area contributed by atoms with Gasteiger partial charge >= 0.3 is 12.2 Å². The van der Waals surface area contributed by atoms with Crippen molar-refractivity contribution in [2.45, 2.75) is 19.0 Å². The molecule has 0 aliphatic carbocycles. The molecule has 1 fully saturated rings. The van der Waals surface area contributed by atoms with Crippen LogP contribution in [0, 0.1) is 5.92 Å². The highest BCUT2D eigenvalue weighted by atomic mass is 35.5. The number of aromatic nitrogens is 3. The van der Waals surface area contributed by atoms with Crippen LogP contribution in [0.2, 0.25) is 5.28 Å². The third-order valence-corrected chi connectivity index (χ3v) is 3.09. The van der Waals surface area contributed by atoms with Crippen LogP contribution in [-0.4, -0.2) is 41.3 Å². The van der Waals surface area contributed by atoms with E-state index in [1.165, 1.54) is 12.0 Å². The molecule has 0 N–H and O–H groups in total. The van der Waals surface area contributed by atoms with Crippen LogP contribution in [0.25, 0.3) is 0 Å². The van der Waals surface area contributed by atoms with Gasteiger partial charge in [0.2, 0.25) is 11.2 Å². The second kappa shape index (κ2) is 5.36. The minimum atomic E-state index is -4.21. The Labute approximate surface area is 112 Å². The first kappa shape index (κ1) is 14.1. The highest BCUT2D eigenvalue weighted by Crippen LogP contribution is 2.34. The smallest absolute Gasteiger partial charge is 0.393 e. The van der Waals surface area contributed by atoms with Gasteiger partial charge in [-0.25, -0.2) is 0 Å². The van der Waals surface area contributed by atoms with Gasteiger partial charge in [0.05, 0.1) is 13.0 Å². The van der Waals surface area contributed by atoms with Crippen LogP contribution in [0.1, 0.15) is 12.8 Å². The monoisotopic (exact) mass is 296 g/mol. The molecule has 2 heterocycles. The molecule has 106 valence electrons. The lowest BCUT2D eigenvalue weighted by atomic mass is 9.98. The van der Waals surface area contributed by atoms with Crippen LogP contribution in [-0.2, 0) is 0 Å². The third kappa shape index (κ3) is 3.37. The predicted octanol–water partition coefficient (Wildman–Crippen LogP) is 2.31. The zero-order chi connectivity index (χ0) is 14.0. The number of methoxy groups -OCH3 is 1. The number of piperidine rings is 1. The Bertz CT molecular complexity index is 457. The van der Waals surface area contributed by atoms with Crippen LogP contribution in [0.5, 0.6) is 6.01 Å². The number of nitrogens with zero attached hydrogens (tertiary/aromatic N) is 4. The Morgan fingerprint density at radius 2 is 2.05 bits per heavy atom. The molecule has 1 aromatic heterocycles. The molecule has 0 saturated carbocycles. The first-order valence-corrected chi connectivity index (χ1v) is 6.05. The van der Waals surface area contributed by atoms with Crippen molar-refractivity contribution in [3.05, 3.63) is 5.28 Å². The van der Waals surface area contributed by atoms with E-state index in [0.29, 0.717) is 13.0 Å². The SMILES string of the molecule is COc1nc(Cl)nc(N2CCCC(C(F)(F)F)C2)n1. The molecule has 1 atom stereocenters. The molecule has 1 aromatic rings. The number of alkyl halides is 3. The first-order valence-electron chi connectivity index (χ1n) is 5.67. The van der Waals surface area contributed by atoms with Gasteiger partial charge in [0.15, 0.2) is 0 Å². The van der Waals surface area contributed by atoms with Crippen LogP contribution in [0.15, 0.2) is 0 Å². The molecule has 1 aliphatic rings. The predicted molar refractivity (Wildman–Crippen MR) is 62.4 cm³/mol. The van der Waals surface area contributed by atoms with Gasteiger partial charge in [-0.05, 0) is 24.4 Å². The van der Waals surface area contributed by atoms with Gasteiger partial charge in [-0.15, -0.1) is 0 Å². The summed E-state index contributed by atoms with van der Waals surface area (Å²) in [4.78, 5) is 12.9. The van der Waals surface area contributed by atoms with Gasteiger partial charge in [-0.3, -0.25) is 0 Å². The van der Waals surface area contributed by atoms with E-state index in [1.807, 2.05) is 0 Å². The standard InChI is InChI=1S/C10H12ClF3N4O/c1-19-9-16-7(11)15-8(17-9)18-4-2-3-6(5-18)10(12,13)14/h6H,2-5H2,1H3. The van der Waals surface area contributed by atoms with E-state index in [2.05, 4.69) is 15.0 Å². The van der Waals surface area contributed by atoms with E-state index >= 15 is 0 Å². The van der Waals surface area contributed by atoms with Gasteiger partial charge in [-0.2, -0.15) is 28.1 Å². The maximum Gasteiger partial charge on any atom is 0.393 e. The molecule has 19 heavy (non-hydrogen) atoms. The minimum absolute atomic E-state index is 0.0101. The Morgan fingerprint density at radius 3 is 2.68 bits per heavy atom. The van der Waals surface area contributed by atoms with Crippen molar-refractivity contribution < 1.29 is 17.9 Å². The van der Waals surface area contributed by atoms with Gasteiger partial charge in [-0.1, -0.05) is 0 Å². The molecule has 0 spiro atoms. The quantitative estimate of drug-likeness (QED) is 0.838. The molecule has 9 heteroatoms. The molecule has 1 saturated heterocycles. The normalized spacial score (nSPS) is 20.5. The minimum Gasteiger partial charge on any atom is -0.467 e. The molecular weight excluding hydrogens is 285 g/mol. The lowest BCUT2D eigenvalue weighted by Crippen LogP contribution is -2.42. The maximum atomic E-state index is 12.7. The van der Waals surface area contributed by atoms with E-state index in [9.17, 15) is 13.2 Å². The van der Waals surface area contributed by atoms with E-state index in [4.69, 9.17) is 16.3 Å². The van der Waals surface area contributed by atoms with Gasteiger partial charge in [0.1, 0.15) is 0 Å². The number of ether oxygens (including phenoxy) is 1. The largest absolute Gasteiger partial charge is 0.467 e. The lowest BCUT2D eigenvalue weighted by molar-refractivity contribution is -0.176. The van der Waals surface area contributed by atoms with E-state index in [-0.39, 0.29) is 30.2 Å². The summed E-state index contributed by atoms with van der Waals surface area (Å²) in [7, 11) is 1.35. The summed E-state index contributed by atoms with van der Waals surface area (Å²) in [6.07, 6.45) is -3.66. The number of anilines is 1. The summed E-state index contributed by atoms with van der Waals surface area (Å²) < 4.78 is 43.0. The van der Waals surface area contributed by atoms with Crippen LogP contribution >= 0.6 is 11.6 Å². The van der Waals surface area contributed by atoms with Gasteiger partial charge in [0, 0.05) is 13.1 Å². The maximum absolute atomic E-state index is 12.7. The fourth-order valence-electron chi connectivity index (χ4n) is 1.98. The molecule has 0 aromatic carbocycles. The number of hydrogen-bond donors (Lipinski definition) is 0. The fraction of sp³-hybridized carbons (Fsp3) is 0.700. The van der Waals surface area contributed by atoms with Crippen molar-refractivity contribution in [1.29, 1.82) is 0 Å². The van der Waals surface area contributed by atoms with E-state index in [0.717, 1.165) is 0 Å². The van der Waals surface area contributed by atoms with Gasteiger partial charge in [0.25, 0.3) is 0 Å². The van der Waals surface area contributed by atoms with Crippen molar-refractivity contribution >= 4 is 17.5 Å². The lowest BCUT2D eigenvalue weighted by Gasteiger charge is -2.33. The molecule has 1 aliphatic heterocycles. The molecular formula is C10H12ClF3N4O. The van der Waals surface area contributed by atoms with Crippen molar-refractivity contribution in [3.63, 3.8) is 0 Å². The summed E-state index contributed by atoms with van der Waals surface area (Å²) in [6, 6.07) is -0.0101. The van der Waals surface area contributed by atoms with Crippen LogP contribution in [0.3, 0.4) is 0 Å². The number of rotatable bonds is 2. The Morgan fingerprint density at radius 1 is 1.32 bits per heavy atom. The van der Waals surface area contributed by atoms with Crippen LogP contribution < -0.4 is 9.64 Å². The highest BCUT2D eigenvalue weighted by Gasteiger charge is 2.42. The third-order valence-electron chi connectivity index (χ3n) is 2.93. The average Bonchev–Trinajstić information content (AvgIpc) is 2.37. The summed E-state index contributed by atoms with van der Waals surface area (Å²) in [6.45, 7) is 0.281. The van der Waals surface area contributed by atoms with Crippen molar-refractivity contribution in [2.24, 2.45) is 5.92 Å². The highest BCUT2D eigenvalue weighted by molar-refractivity contribution is 6.28.